The molecule has 0 N–H and O–H groups in total. The molecule has 1 aliphatic heterocycles. The second-order valence-electron chi connectivity index (χ2n) is 6.65. The fourth-order valence-electron chi connectivity index (χ4n) is 3.42. The van der Waals surface area contributed by atoms with Gasteiger partial charge in [-0.3, -0.25) is 4.79 Å². The van der Waals surface area contributed by atoms with Crippen molar-refractivity contribution in [1.29, 1.82) is 0 Å². The molecule has 0 aliphatic carbocycles. The number of hydrogen-bond acceptors (Lipinski definition) is 3. The summed E-state index contributed by atoms with van der Waals surface area (Å²) < 4.78 is 18.4. The molecule has 132 valence electrons. The molecule has 1 fully saturated rings. The van der Waals surface area contributed by atoms with Crippen molar-refractivity contribution in [3.05, 3.63) is 77.2 Å². The van der Waals surface area contributed by atoms with Gasteiger partial charge in [-0.2, -0.15) is 0 Å². The van der Waals surface area contributed by atoms with E-state index in [1.54, 1.807) is 18.2 Å². The average molecular weight is 350 g/mol. The first-order chi connectivity index (χ1) is 12.6. The molecule has 0 bridgehead atoms. The largest absolute Gasteiger partial charge is 0.355 e. The molecule has 1 amide bonds. The van der Waals surface area contributed by atoms with Crippen molar-refractivity contribution in [2.45, 2.75) is 25.8 Å². The van der Waals surface area contributed by atoms with Crippen molar-refractivity contribution in [3.8, 4) is 11.3 Å². The third kappa shape index (κ3) is 3.12. The Morgan fingerprint density at radius 2 is 1.88 bits per heavy atom. The summed E-state index contributed by atoms with van der Waals surface area (Å²) in [6.45, 7) is 2.75. The average Bonchev–Trinajstić information content (AvgIpc) is 3.32. The van der Waals surface area contributed by atoms with Crippen LogP contribution in [0.5, 0.6) is 0 Å². The second kappa shape index (κ2) is 6.75. The Bertz CT molecular complexity index is 916. The van der Waals surface area contributed by atoms with E-state index in [1.807, 2.05) is 11.8 Å². The minimum atomic E-state index is -0.317. The van der Waals surface area contributed by atoms with Crippen molar-refractivity contribution in [2.75, 3.05) is 6.54 Å². The third-order valence-corrected chi connectivity index (χ3v) is 4.83. The van der Waals surface area contributed by atoms with Crippen LogP contribution in [0.25, 0.3) is 11.3 Å². The van der Waals surface area contributed by atoms with Gasteiger partial charge in [-0.25, -0.2) is 4.39 Å². The van der Waals surface area contributed by atoms with Crippen molar-refractivity contribution in [3.63, 3.8) is 0 Å². The third-order valence-electron chi connectivity index (χ3n) is 4.83. The number of aryl methyl sites for hydroxylation is 1. The van der Waals surface area contributed by atoms with Gasteiger partial charge >= 0.3 is 0 Å². The molecular weight excluding hydrogens is 331 g/mol. The molecular formula is C21H19FN2O2. The van der Waals surface area contributed by atoms with Gasteiger partial charge in [0.05, 0.1) is 6.04 Å². The summed E-state index contributed by atoms with van der Waals surface area (Å²) in [5.41, 5.74) is 3.31. The van der Waals surface area contributed by atoms with Gasteiger partial charge < -0.3 is 9.42 Å². The highest BCUT2D eigenvalue weighted by molar-refractivity contribution is 5.93. The Morgan fingerprint density at radius 1 is 1.15 bits per heavy atom. The lowest BCUT2D eigenvalue weighted by atomic mass is 10.0. The maximum Gasteiger partial charge on any atom is 0.276 e. The molecule has 2 aromatic carbocycles. The molecule has 1 saturated heterocycles. The van der Waals surface area contributed by atoms with E-state index in [4.69, 9.17) is 4.52 Å². The molecule has 1 aliphatic rings. The summed E-state index contributed by atoms with van der Waals surface area (Å²) >= 11 is 0. The van der Waals surface area contributed by atoms with Gasteiger partial charge in [0.1, 0.15) is 5.82 Å². The summed E-state index contributed by atoms with van der Waals surface area (Å²) in [4.78, 5) is 14.8. The van der Waals surface area contributed by atoms with E-state index in [-0.39, 0.29) is 23.5 Å². The molecule has 0 saturated carbocycles. The van der Waals surface area contributed by atoms with Crippen LogP contribution in [-0.2, 0) is 0 Å². The highest BCUT2D eigenvalue weighted by atomic mass is 19.1. The molecule has 4 rings (SSSR count). The van der Waals surface area contributed by atoms with Crippen LogP contribution in [0.15, 0.2) is 59.1 Å². The number of halogens is 1. The van der Waals surface area contributed by atoms with Crippen molar-refractivity contribution >= 4 is 5.91 Å². The second-order valence-corrected chi connectivity index (χ2v) is 6.65. The first-order valence-electron chi connectivity index (χ1n) is 8.72. The maximum absolute atomic E-state index is 13.1. The monoisotopic (exact) mass is 350 g/mol. The highest BCUT2D eigenvalue weighted by Crippen LogP contribution is 2.33. The zero-order valence-corrected chi connectivity index (χ0v) is 14.5. The number of likely N-dealkylation sites (tertiary alicyclic amines) is 1. The Labute approximate surface area is 151 Å². The molecule has 4 nitrogen and oxygen atoms in total. The van der Waals surface area contributed by atoms with Crippen LogP contribution >= 0.6 is 0 Å². The number of benzene rings is 2. The smallest absolute Gasteiger partial charge is 0.276 e. The standard InChI is InChI=1S/C21H19FN2O2/c1-14-4-6-15(7-5-14)19-3-2-12-24(19)21(25)18-13-20(26-23-18)16-8-10-17(22)11-9-16/h4-11,13,19H,2-3,12H2,1H3/t19-/m1/s1. The number of nitrogens with zero attached hydrogens (tertiary/aromatic N) is 2. The van der Waals surface area contributed by atoms with E-state index in [0.29, 0.717) is 17.9 Å². The zero-order chi connectivity index (χ0) is 18.1. The Hall–Kier alpha value is -2.95. The first-order valence-corrected chi connectivity index (χ1v) is 8.72. The van der Waals surface area contributed by atoms with E-state index < -0.39 is 0 Å². The minimum Gasteiger partial charge on any atom is -0.355 e. The number of hydrogen-bond donors (Lipinski definition) is 0. The maximum atomic E-state index is 13.1. The Morgan fingerprint density at radius 3 is 2.62 bits per heavy atom. The number of carbonyl (C=O) groups excluding carboxylic acids is 1. The quantitative estimate of drug-likeness (QED) is 0.684. The van der Waals surface area contributed by atoms with Crippen LogP contribution in [0.1, 0.15) is 40.5 Å². The summed E-state index contributed by atoms with van der Waals surface area (Å²) in [5.74, 6) is 0.00666. The first kappa shape index (κ1) is 16.5. The van der Waals surface area contributed by atoms with Gasteiger partial charge in [0.25, 0.3) is 5.91 Å². The van der Waals surface area contributed by atoms with E-state index in [0.717, 1.165) is 18.4 Å². The molecule has 26 heavy (non-hydrogen) atoms. The SMILES string of the molecule is Cc1ccc([C@H]2CCCN2C(=O)c2cc(-c3ccc(F)cc3)on2)cc1. The van der Waals surface area contributed by atoms with Gasteiger partial charge in [0.15, 0.2) is 11.5 Å². The fourth-order valence-corrected chi connectivity index (χ4v) is 3.42. The highest BCUT2D eigenvalue weighted by Gasteiger charge is 2.32. The van der Waals surface area contributed by atoms with Crippen LogP contribution in [-0.4, -0.2) is 22.5 Å². The molecule has 1 atom stereocenters. The summed E-state index contributed by atoms with van der Waals surface area (Å²) in [6, 6.07) is 15.9. The lowest BCUT2D eigenvalue weighted by molar-refractivity contribution is 0.0725. The van der Waals surface area contributed by atoms with E-state index in [1.165, 1.54) is 17.7 Å². The van der Waals surface area contributed by atoms with Crippen LogP contribution in [0, 0.1) is 12.7 Å². The van der Waals surface area contributed by atoms with Crippen molar-refractivity contribution < 1.29 is 13.7 Å². The molecule has 0 spiro atoms. The number of aromatic nitrogens is 1. The Balaban J connectivity index is 1.57. The summed E-state index contributed by atoms with van der Waals surface area (Å²) in [6.07, 6.45) is 1.91. The van der Waals surface area contributed by atoms with Crippen LogP contribution < -0.4 is 0 Å². The lowest BCUT2D eigenvalue weighted by Gasteiger charge is -2.24. The number of rotatable bonds is 3. The number of amides is 1. The van der Waals surface area contributed by atoms with Gasteiger partial charge in [-0.1, -0.05) is 35.0 Å². The van der Waals surface area contributed by atoms with Gasteiger partial charge in [0, 0.05) is 18.2 Å². The van der Waals surface area contributed by atoms with Crippen LogP contribution in [0.2, 0.25) is 0 Å². The van der Waals surface area contributed by atoms with Gasteiger partial charge in [-0.05, 0) is 49.6 Å². The lowest BCUT2D eigenvalue weighted by Crippen LogP contribution is -2.30. The molecule has 2 heterocycles. The zero-order valence-electron chi connectivity index (χ0n) is 14.5. The van der Waals surface area contributed by atoms with Crippen molar-refractivity contribution in [1.82, 2.24) is 10.1 Å². The molecule has 1 aromatic heterocycles. The molecule has 5 heteroatoms. The van der Waals surface area contributed by atoms with Crippen LogP contribution in [0.3, 0.4) is 0 Å². The number of carbonyl (C=O) groups is 1. The topological polar surface area (TPSA) is 46.3 Å². The Kier molecular flexibility index (Phi) is 4.29. The molecule has 3 aromatic rings. The molecule has 0 radical (unpaired) electrons. The predicted molar refractivity (Wildman–Crippen MR) is 96.1 cm³/mol. The van der Waals surface area contributed by atoms with E-state index in [9.17, 15) is 9.18 Å². The molecule has 0 unspecified atom stereocenters. The fraction of sp³-hybridized carbons (Fsp3) is 0.238. The van der Waals surface area contributed by atoms with Crippen molar-refractivity contribution in [2.24, 2.45) is 0 Å². The van der Waals surface area contributed by atoms with E-state index in [2.05, 4.69) is 29.4 Å². The van der Waals surface area contributed by atoms with Gasteiger partial charge in [-0.15, -0.1) is 0 Å². The summed E-state index contributed by atoms with van der Waals surface area (Å²) in [7, 11) is 0. The summed E-state index contributed by atoms with van der Waals surface area (Å²) in [5, 5.41) is 3.94. The van der Waals surface area contributed by atoms with Gasteiger partial charge in [0.2, 0.25) is 0 Å². The van der Waals surface area contributed by atoms with E-state index >= 15 is 0 Å². The van der Waals surface area contributed by atoms with Crippen LogP contribution in [0.4, 0.5) is 4.39 Å². The predicted octanol–water partition coefficient (Wildman–Crippen LogP) is 4.77. The minimum absolute atomic E-state index is 0.0640. The normalized spacial score (nSPS) is 16.8.